The van der Waals surface area contributed by atoms with E-state index in [-0.39, 0.29) is 0 Å². The van der Waals surface area contributed by atoms with Crippen molar-refractivity contribution in [1.29, 1.82) is 0 Å². The van der Waals surface area contributed by atoms with Gasteiger partial charge in [-0.2, -0.15) is 0 Å². The van der Waals surface area contributed by atoms with E-state index in [2.05, 4.69) is 17.1 Å². The van der Waals surface area contributed by atoms with Gasteiger partial charge in [-0.25, -0.2) is 0 Å². The van der Waals surface area contributed by atoms with E-state index in [1.54, 1.807) is 0 Å². The van der Waals surface area contributed by atoms with Crippen LogP contribution in [0, 0.1) is 5.92 Å². The van der Waals surface area contributed by atoms with Crippen molar-refractivity contribution in [2.24, 2.45) is 5.92 Å². The number of hydrogen-bond acceptors (Lipinski definition) is 3. The lowest BCUT2D eigenvalue weighted by Gasteiger charge is -2.36. The number of nitrogens with one attached hydrogen (secondary N) is 1. The number of nitrogens with zero attached hydrogens (tertiary/aromatic N) is 1. The summed E-state index contributed by atoms with van der Waals surface area (Å²) in [5, 5.41) is 3.44. The largest absolute Gasteiger partial charge is 0.376 e. The fourth-order valence-electron chi connectivity index (χ4n) is 2.87. The highest BCUT2D eigenvalue weighted by Crippen LogP contribution is 2.17. The van der Waals surface area contributed by atoms with Crippen LogP contribution in [0.25, 0.3) is 0 Å². The van der Waals surface area contributed by atoms with E-state index in [1.165, 1.54) is 45.3 Å². The van der Waals surface area contributed by atoms with Crippen LogP contribution in [0.15, 0.2) is 0 Å². The molecule has 0 radical (unpaired) electrons. The third-order valence-electron chi connectivity index (χ3n) is 3.81. The van der Waals surface area contributed by atoms with Crippen molar-refractivity contribution in [2.75, 3.05) is 39.3 Å². The third kappa shape index (κ3) is 3.72. The fraction of sp³-hybridized carbons (Fsp3) is 1.00. The highest BCUT2D eigenvalue weighted by Gasteiger charge is 2.23. The lowest BCUT2D eigenvalue weighted by Crippen LogP contribution is -2.45. The monoisotopic (exact) mass is 226 g/mol. The topological polar surface area (TPSA) is 24.5 Å². The molecule has 1 atom stereocenters. The predicted molar refractivity (Wildman–Crippen MR) is 66.7 cm³/mol. The van der Waals surface area contributed by atoms with E-state index in [4.69, 9.17) is 4.74 Å². The SMILES string of the molecule is CCC[C@H]1CN(CC2CCNCC2)CCO1. The Morgan fingerprint density at radius 3 is 2.88 bits per heavy atom. The first-order valence-electron chi connectivity index (χ1n) is 6.93. The zero-order chi connectivity index (χ0) is 11.2. The van der Waals surface area contributed by atoms with Gasteiger partial charge < -0.3 is 10.1 Å². The minimum Gasteiger partial charge on any atom is -0.376 e. The van der Waals surface area contributed by atoms with Crippen LogP contribution in [-0.4, -0.2) is 50.3 Å². The molecule has 0 aromatic carbocycles. The molecular formula is C13H26N2O. The van der Waals surface area contributed by atoms with Crippen molar-refractivity contribution in [3.05, 3.63) is 0 Å². The molecule has 2 fully saturated rings. The van der Waals surface area contributed by atoms with Crippen LogP contribution in [0.5, 0.6) is 0 Å². The summed E-state index contributed by atoms with van der Waals surface area (Å²) in [5.41, 5.74) is 0. The van der Waals surface area contributed by atoms with E-state index >= 15 is 0 Å². The lowest BCUT2D eigenvalue weighted by atomic mass is 9.97. The number of morpholine rings is 1. The molecule has 2 aliphatic heterocycles. The Morgan fingerprint density at radius 2 is 2.12 bits per heavy atom. The first-order chi connectivity index (χ1) is 7.88. The molecule has 2 saturated heterocycles. The Morgan fingerprint density at radius 1 is 1.31 bits per heavy atom. The summed E-state index contributed by atoms with van der Waals surface area (Å²) >= 11 is 0. The molecule has 2 heterocycles. The summed E-state index contributed by atoms with van der Waals surface area (Å²) in [6.45, 7) is 9.22. The molecule has 16 heavy (non-hydrogen) atoms. The molecule has 0 aromatic rings. The number of ether oxygens (including phenoxy) is 1. The molecule has 2 rings (SSSR count). The van der Waals surface area contributed by atoms with E-state index in [0.717, 1.165) is 25.6 Å². The van der Waals surface area contributed by atoms with Gasteiger partial charge in [0.05, 0.1) is 12.7 Å². The van der Waals surface area contributed by atoms with Crippen LogP contribution in [0.2, 0.25) is 0 Å². The van der Waals surface area contributed by atoms with Gasteiger partial charge in [0.1, 0.15) is 0 Å². The zero-order valence-corrected chi connectivity index (χ0v) is 10.6. The Bertz CT molecular complexity index is 190. The Kier molecular flexibility index (Phi) is 5.07. The van der Waals surface area contributed by atoms with Crippen molar-refractivity contribution in [1.82, 2.24) is 10.2 Å². The van der Waals surface area contributed by atoms with Gasteiger partial charge in [-0.1, -0.05) is 13.3 Å². The molecular weight excluding hydrogens is 200 g/mol. The number of hydrogen-bond donors (Lipinski definition) is 1. The number of piperidine rings is 1. The smallest absolute Gasteiger partial charge is 0.0702 e. The molecule has 0 unspecified atom stereocenters. The van der Waals surface area contributed by atoms with Crippen molar-refractivity contribution in [2.45, 2.75) is 38.7 Å². The van der Waals surface area contributed by atoms with Gasteiger partial charge >= 0.3 is 0 Å². The van der Waals surface area contributed by atoms with Crippen LogP contribution < -0.4 is 5.32 Å². The minimum absolute atomic E-state index is 0.500. The van der Waals surface area contributed by atoms with Gasteiger partial charge in [-0.3, -0.25) is 4.90 Å². The maximum atomic E-state index is 5.78. The van der Waals surface area contributed by atoms with Gasteiger partial charge in [0.2, 0.25) is 0 Å². The molecule has 0 bridgehead atoms. The predicted octanol–water partition coefficient (Wildman–Crippen LogP) is 1.49. The fourth-order valence-corrected chi connectivity index (χ4v) is 2.87. The summed E-state index contributed by atoms with van der Waals surface area (Å²) in [6, 6.07) is 0. The first-order valence-corrected chi connectivity index (χ1v) is 6.93. The Balaban J connectivity index is 1.71. The summed E-state index contributed by atoms with van der Waals surface area (Å²) in [6.07, 6.45) is 5.68. The van der Waals surface area contributed by atoms with E-state index < -0.39 is 0 Å². The molecule has 0 aromatic heterocycles. The average Bonchev–Trinajstić information content (AvgIpc) is 2.31. The normalized spacial score (nSPS) is 29.4. The van der Waals surface area contributed by atoms with Gasteiger partial charge in [0.15, 0.2) is 0 Å². The van der Waals surface area contributed by atoms with E-state index in [0.29, 0.717) is 6.10 Å². The summed E-state index contributed by atoms with van der Waals surface area (Å²) < 4.78 is 5.78. The van der Waals surface area contributed by atoms with Gasteiger partial charge in [0.25, 0.3) is 0 Å². The van der Waals surface area contributed by atoms with Crippen LogP contribution in [0.1, 0.15) is 32.6 Å². The van der Waals surface area contributed by atoms with Crippen molar-refractivity contribution in [3.63, 3.8) is 0 Å². The summed E-state index contributed by atoms with van der Waals surface area (Å²) in [4.78, 5) is 2.62. The Hall–Kier alpha value is -0.120. The second-order valence-corrected chi connectivity index (χ2v) is 5.23. The van der Waals surface area contributed by atoms with E-state index in [9.17, 15) is 0 Å². The quantitative estimate of drug-likeness (QED) is 0.786. The highest BCUT2D eigenvalue weighted by molar-refractivity contribution is 4.76. The lowest BCUT2D eigenvalue weighted by molar-refractivity contribution is -0.0376. The summed E-state index contributed by atoms with van der Waals surface area (Å²) in [5.74, 6) is 0.918. The van der Waals surface area contributed by atoms with Gasteiger partial charge in [-0.15, -0.1) is 0 Å². The van der Waals surface area contributed by atoms with E-state index in [1.807, 2.05) is 0 Å². The molecule has 3 nitrogen and oxygen atoms in total. The molecule has 1 N–H and O–H groups in total. The van der Waals surface area contributed by atoms with Crippen LogP contribution in [-0.2, 0) is 4.74 Å². The van der Waals surface area contributed by atoms with Crippen molar-refractivity contribution in [3.8, 4) is 0 Å². The highest BCUT2D eigenvalue weighted by atomic mass is 16.5. The molecule has 0 spiro atoms. The molecule has 2 aliphatic rings. The van der Waals surface area contributed by atoms with Gasteiger partial charge in [0, 0.05) is 19.6 Å². The number of rotatable bonds is 4. The third-order valence-corrected chi connectivity index (χ3v) is 3.81. The van der Waals surface area contributed by atoms with Crippen LogP contribution in [0.3, 0.4) is 0 Å². The zero-order valence-electron chi connectivity index (χ0n) is 10.6. The Labute approximate surface area is 99.5 Å². The van der Waals surface area contributed by atoms with Crippen molar-refractivity contribution < 1.29 is 4.74 Å². The minimum atomic E-state index is 0.500. The maximum Gasteiger partial charge on any atom is 0.0702 e. The molecule has 94 valence electrons. The van der Waals surface area contributed by atoms with Crippen molar-refractivity contribution >= 4 is 0 Å². The average molecular weight is 226 g/mol. The standard InChI is InChI=1S/C13H26N2O/c1-2-3-13-11-15(8-9-16-13)10-12-4-6-14-7-5-12/h12-14H,2-11H2,1H3/t13-/m0/s1. The second kappa shape index (κ2) is 6.58. The molecule has 0 saturated carbocycles. The molecule has 0 amide bonds. The maximum absolute atomic E-state index is 5.78. The van der Waals surface area contributed by atoms with Crippen LogP contribution in [0.4, 0.5) is 0 Å². The van der Waals surface area contributed by atoms with Crippen LogP contribution >= 0.6 is 0 Å². The first kappa shape index (κ1) is 12.3. The molecule has 3 heteroatoms. The molecule has 0 aliphatic carbocycles. The second-order valence-electron chi connectivity index (χ2n) is 5.23. The van der Waals surface area contributed by atoms with Gasteiger partial charge in [-0.05, 0) is 38.3 Å². The summed E-state index contributed by atoms with van der Waals surface area (Å²) in [7, 11) is 0.